The number of fused-ring (bicyclic) bond motifs is 2. The molecule has 0 aromatic heterocycles. The van der Waals surface area contributed by atoms with Crippen LogP contribution in [0.4, 0.5) is 0 Å². The Labute approximate surface area is 120 Å². The van der Waals surface area contributed by atoms with Crippen LogP contribution in [0.5, 0.6) is 0 Å². The molecule has 2 bridgehead atoms. The summed E-state index contributed by atoms with van der Waals surface area (Å²) in [4.78, 5) is 0. The first-order valence-corrected chi connectivity index (χ1v) is 8.94. The minimum Gasteiger partial charge on any atom is -0.317 e. The zero-order chi connectivity index (χ0) is 13.7. The summed E-state index contributed by atoms with van der Waals surface area (Å²) < 4.78 is 0. The molecule has 1 nitrogen and oxygen atoms in total. The Morgan fingerprint density at radius 3 is 2.53 bits per heavy atom. The van der Waals surface area contributed by atoms with Gasteiger partial charge in [-0.3, -0.25) is 0 Å². The summed E-state index contributed by atoms with van der Waals surface area (Å²) in [6.45, 7) is 4.70. The first-order valence-electron chi connectivity index (χ1n) is 8.94. The Bertz CT molecular complexity index is 250. The van der Waals surface area contributed by atoms with Crippen molar-refractivity contribution in [3.8, 4) is 0 Å². The molecule has 1 N–H and O–H groups in total. The zero-order valence-electron chi connectivity index (χ0n) is 13.5. The molecule has 2 fully saturated rings. The largest absolute Gasteiger partial charge is 0.317 e. The lowest BCUT2D eigenvalue weighted by Gasteiger charge is -2.29. The minimum absolute atomic E-state index is 0.783. The number of unbranched alkanes of at least 4 members (excludes halogenated alkanes) is 1. The average Bonchev–Trinajstić information content (AvgIpc) is 3.04. The fourth-order valence-corrected chi connectivity index (χ4v) is 4.75. The van der Waals surface area contributed by atoms with Crippen LogP contribution in [0.1, 0.15) is 78.1 Å². The van der Waals surface area contributed by atoms with Crippen molar-refractivity contribution in [2.75, 3.05) is 7.05 Å². The van der Waals surface area contributed by atoms with E-state index in [1.54, 1.807) is 25.7 Å². The Balaban J connectivity index is 1.75. The normalized spacial score (nSPS) is 32.7. The Hall–Kier alpha value is -0.0400. The van der Waals surface area contributed by atoms with E-state index in [1.807, 2.05) is 0 Å². The second-order valence-corrected chi connectivity index (χ2v) is 7.31. The lowest BCUT2D eigenvalue weighted by molar-refractivity contribution is 0.255. The van der Waals surface area contributed by atoms with Crippen molar-refractivity contribution in [3.05, 3.63) is 0 Å². The highest BCUT2D eigenvalue weighted by molar-refractivity contribution is 4.91. The van der Waals surface area contributed by atoms with E-state index in [2.05, 4.69) is 26.2 Å². The smallest absolute Gasteiger partial charge is 0.00694 e. The number of rotatable bonds is 9. The van der Waals surface area contributed by atoms with Gasteiger partial charge in [-0.05, 0) is 62.8 Å². The molecule has 0 spiro atoms. The van der Waals surface area contributed by atoms with E-state index in [0.717, 1.165) is 29.7 Å². The van der Waals surface area contributed by atoms with Gasteiger partial charge in [0.2, 0.25) is 0 Å². The predicted octanol–water partition coefficient (Wildman–Crippen LogP) is 5.01. The quantitative estimate of drug-likeness (QED) is 0.618. The molecular weight excluding hydrogens is 230 g/mol. The molecule has 0 heterocycles. The fraction of sp³-hybridized carbons (Fsp3) is 1.00. The maximum Gasteiger partial charge on any atom is 0.00694 e. The topological polar surface area (TPSA) is 12.0 Å². The molecule has 2 saturated carbocycles. The van der Waals surface area contributed by atoms with Crippen LogP contribution in [0.2, 0.25) is 0 Å². The lowest BCUT2D eigenvalue weighted by Crippen LogP contribution is -2.31. The highest BCUT2D eigenvalue weighted by atomic mass is 14.9. The Kier molecular flexibility index (Phi) is 6.19. The molecule has 0 saturated heterocycles. The molecule has 112 valence electrons. The predicted molar refractivity (Wildman–Crippen MR) is 84.3 cm³/mol. The van der Waals surface area contributed by atoms with Gasteiger partial charge in [-0.1, -0.05) is 46.0 Å². The van der Waals surface area contributed by atoms with Crippen LogP contribution in [0.25, 0.3) is 0 Å². The summed E-state index contributed by atoms with van der Waals surface area (Å²) in [6, 6.07) is 0.783. The first kappa shape index (κ1) is 15.4. The summed E-state index contributed by atoms with van der Waals surface area (Å²) in [7, 11) is 2.18. The van der Waals surface area contributed by atoms with Gasteiger partial charge in [0.15, 0.2) is 0 Å². The van der Waals surface area contributed by atoms with Gasteiger partial charge in [0.25, 0.3) is 0 Å². The van der Waals surface area contributed by atoms with Crippen LogP contribution in [-0.4, -0.2) is 13.1 Å². The first-order chi connectivity index (χ1) is 9.26. The van der Waals surface area contributed by atoms with Gasteiger partial charge in [-0.15, -0.1) is 0 Å². The minimum atomic E-state index is 0.783. The third kappa shape index (κ3) is 4.21. The van der Waals surface area contributed by atoms with Crippen LogP contribution in [0.15, 0.2) is 0 Å². The summed E-state index contributed by atoms with van der Waals surface area (Å²) in [6.07, 6.45) is 14.7. The zero-order valence-corrected chi connectivity index (χ0v) is 13.5. The van der Waals surface area contributed by atoms with Crippen molar-refractivity contribution in [3.63, 3.8) is 0 Å². The number of nitrogens with one attached hydrogen (secondary N) is 1. The highest BCUT2D eigenvalue weighted by Gasteiger charge is 2.40. The SMILES string of the molecule is CCCCC(CC)CC(CC1CC2CCC1C2)NC. The molecule has 0 amide bonds. The van der Waals surface area contributed by atoms with Crippen molar-refractivity contribution in [1.29, 1.82) is 0 Å². The van der Waals surface area contributed by atoms with Crippen LogP contribution >= 0.6 is 0 Å². The van der Waals surface area contributed by atoms with Gasteiger partial charge < -0.3 is 5.32 Å². The number of hydrogen-bond acceptors (Lipinski definition) is 1. The van der Waals surface area contributed by atoms with Gasteiger partial charge in [-0.25, -0.2) is 0 Å². The van der Waals surface area contributed by atoms with E-state index in [9.17, 15) is 0 Å². The van der Waals surface area contributed by atoms with Crippen molar-refractivity contribution < 1.29 is 0 Å². The van der Waals surface area contributed by atoms with Crippen LogP contribution < -0.4 is 5.32 Å². The summed E-state index contributed by atoms with van der Waals surface area (Å²) in [5.74, 6) is 4.21. The molecule has 5 unspecified atom stereocenters. The van der Waals surface area contributed by atoms with E-state index >= 15 is 0 Å². The molecule has 19 heavy (non-hydrogen) atoms. The Morgan fingerprint density at radius 1 is 1.16 bits per heavy atom. The molecule has 1 heteroatoms. The van der Waals surface area contributed by atoms with Gasteiger partial charge in [0.1, 0.15) is 0 Å². The maximum atomic E-state index is 3.63. The van der Waals surface area contributed by atoms with E-state index in [-0.39, 0.29) is 0 Å². The molecule has 0 radical (unpaired) electrons. The molecular formula is C18H35N. The van der Waals surface area contributed by atoms with Crippen molar-refractivity contribution in [2.24, 2.45) is 23.7 Å². The van der Waals surface area contributed by atoms with Crippen molar-refractivity contribution in [1.82, 2.24) is 5.32 Å². The van der Waals surface area contributed by atoms with Gasteiger partial charge in [-0.2, -0.15) is 0 Å². The second kappa shape index (κ2) is 7.67. The van der Waals surface area contributed by atoms with Crippen LogP contribution in [0, 0.1) is 23.7 Å². The van der Waals surface area contributed by atoms with Crippen LogP contribution in [-0.2, 0) is 0 Å². The molecule has 2 rings (SSSR count). The van der Waals surface area contributed by atoms with Crippen molar-refractivity contribution in [2.45, 2.75) is 84.1 Å². The molecule has 0 aromatic carbocycles. The number of hydrogen-bond donors (Lipinski definition) is 1. The van der Waals surface area contributed by atoms with E-state index < -0.39 is 0 Å². The van der Waals surface area contributed by atoms with Crippen molar-refractivity contribution >= 4 is 0 Å². The molecule has 0 aromatic rings. The summed E-state index contributed by atoms with van der Waals surface area (Å²) in [5.41, 5.74) is 0. The molecule has 2 aliphatic carbocycles. The van der Waals surface area contributed by atoms with Crippen LogP contribution in [0.3, 0.4) is 0 Å². The van der Waals surface area contributed by atoms with Gasteiger partial charge >= 0.3 is 0 Å². The summed E-state index contributed by atoms with van der Waals surface area (Å²) in [5, 5.41) is 3.63. The lowest BCUT2D eigenvalue weighted by atomic mass is 9.81. The molecule has 2 aliphatic rings. The monoisotopic (exact) mass is 265 g/mol. The average molecular weight is 265 g/mol. The third-order valence-corrected chi connectivity index (χ3v) is 6.04. The standard InChI is InChI=1S/C18H35N/c1-4-6-7-14(5-2)12-18(19-3)13-17-11-15-8-9-16(17)10-15/h14-19H,4-13H2,1-3H3. The van der Waals surface area contributed by atoms with E-state index in [4.69, 9.17) is 0 Å². The molecule has 5 atom stereocenters. The molecule has 0 aliphatic heterocycles. The second-order valence-electron chi connectivity index (χ2n) is 7.31. The van der Waals surface area contributed by atoms with Gasteiger partial charge in [0, 0.05) is 6.04 Å². The third-order valence-electron chi connectivity index (χ3n) is 6.04. The van der Waals surface area contributed by atoms with Gasteiger partial charge in [0.05, 0.1) is 0 Å². The maximum absolute atomic E-state index is 3.63. The van der Waals surface area contributed by atoms with E-state index in [0.29, 0.717) is 0 Å². The summed E-state index contributed by atoms with van der Waals surface area (Å²) >= 11 is 0. The van der Waals surface area contributed by atoms with E-state index in [1.165, 1.54) is 38.5 Å². The Morgan fingerprint density at radius 2 is 2.00 bits per heavy atom. The highest BCUT2D eigenvalue weighted by Crippen LogP contribution is 2.50. The fourth-order valence-electron chi connectivity index (χ4n) is 4.75.